The zero-order chi connectivity index (χ0) is 17.1. The molecule has 4 rings (SSSR count). The first-order chi connectivity index (χ1) is 12.3. The second-order valence-corrected chi connectivity index (χ2v) is 7.07. The standard InChI is InChI=1S/C18H20N6S/c1-13-21-15(10-17(22-13)23-18-20-7-9-25-18)16-5-3-8-24(16)12-14-4-2-6-19-11-14/h2,4,6-7,9-11,16H,3,5,8,12H2,1H3,(H,20,21,22,23)/t16-/m0/s1. The van der Waals surface area contributed by atoms with Crippen LogP contribution in [0.1, 0.15) is 36.0 Å². The molecule has 1 aliphatic heterocycles. The van der Waals surface area contributed by atoms with Crippen molar-refractivity contribution in [3.05, 3.63) is 59.3 Å². The highest BCUT2D eigenvalue weighted by molar-refractivity contribution is 7.13. The highest BCUT2D eigenvalue weighted by Gasteiger charge is 2.27. The third-order valence-corrected chi connectivity index (χ3v) is 5.03. The number of aryl methyl sites for hydroxylation is 1. The van der Waals surface area contributed by atoms with Gasteiger partial charge in [-0.25, -0.2) is 15.0 Å². The molecule has 1 fully saturated rings. The Morgan fingerprint density at radius 1 is 1.32 bits per heavy atom. The molecule has 0 amide bonds. The van der Waals surface area contributed by atoms with Crippen LogP contribution in [0.5, 0.6) is 0 Å². The van der Waals surface area contributed by atoms with Crippen LogP contribution in [0.25, 0.3) is 0 Å². The van der Waals surface area contributed by atoms with Gasteiger partial charge in [0, 0.05) is 36.6 Å². The fraction of sp³-hybridized carbons (Fsp3) is 0.333. The lowest BCUT2D eigenvalue weighted by atomic mass is 10.1. The first-order valence-corrected chi connectivity index (χ1v) is 9.31. The van der Waals surface area contributed by atoms with E-state index in [-0.39, 0.29) is 0 Å². The number of pyridine rings is 1. The molecule has 0 radical (unpaired) electrons. The van der Waals surface area contributed by atoms with Crippen molar-refractivity contribution in [3.8, 4) is 0 Å². The van der Waals surface area contributed by atoms with E-state index in [0.717, 1.165) is 42.0 Å². The molecule has 3 aromatic rings. The van der Waals surface area contributed by atoms with E-state index in [9.17, 15) is 0 Å². The van der Waals surface area contributed by atoms with E-state index in [0.29, 0.717) is 6.04 Å². The predicted molar refractivity (Wildman–Crippen MR) is 98.8 cm³/mol. The molecule has 0 saturated carbocycles. The number of anilines is 2. The molecule has 3 aromatic heterocycles. The molecule has 0 bridgehead atoms. The third kappa shape index (κ3) is 3.83. The maximum atomic E-state index is 4.71. The Kier molecular flexibility index (Phi) is 4.67. The highest BCUT2D eigenvalue weighted by Crippen LogP contribution is 2.33. The molecule has 1 N–H and O–H groups in total. The van der Waals surface area contributed by atoms with Crippen molar-refractivity contribution < 1.29 is 0 Å². The summed E-state index contributed by atoms with van der Waals surface area (Å²) < 4.78 is 0. The Morgan fingerprint density at radius 3 is 3.08 bits per heavy atom. The van der Waals surface area contributed by atoms with Crippen molar-refractivity contribution in [3.63, 3.8) is 0 Å². The Hall–Kier alpha value is -2.38. The first-order valence-electron chi connectivity index (χ1n) is 8.43. The van der Waals surface area contributed by atoms with Gasteiger partial charge in [-0.3, -0.25) is 9.88 Å². The number of likely N-dealkylation sites (tertiary alicyclic amines) is 1. The van der Waals surface area contributed by atoms with Gasteiger partial charge in [0.05, 0.1) is 11.7 Å². The van der Waals surface area contributed by atoms with Crippen LogP contribution in [0.15, 0.2) is 42.2 Å². The molecule has 1 saturated heterocycles. The molecule has 7 heteroatoms. The van der Waals surface area contributed by atoms with Gasteiger partial charge >= 0.3 is 0 Å². The van der Waals surface area contributed by atoms with Crippen molar-refractivity contribution in [2.24, 2.45) is 0 Å². The summed E-state index contributed by atoms with van der Waals surface area (Å²) in [6.07, 6.45) is 7.84. The van der Waals surface area contributed by atoms with Crippen LogP contribution in [0.4, 0.5) is 10.9 Å². The van der Waals surface area contributed by atoms with Crippen molar-refractivity contribution in [2.75, 3.05) is 11.9 Å². The van der Waals surface area contributed by atoms with Gasteiger partial charge in [0.15, 0.2) is 5.13 Å². The summed E-state index contributed by atoms with van der Waals surface area (Å²) in [5.74, 6) is 1.59. The van der Waals surface area contributed by atoms with Crippen LogP contribution in [-0.4, -0.2) is 31.4 Å². The molecule has 0 unspecified atom stereocenters. The minimum atomic E-state index is 0.318. The number of hydrogen-bond donors (Lipinski definition) is 1. The average Bonchev–Trinajstić information content (AvgIpc) is 3.27. The predicted octanol–water partition coefficient (Wildman–Crippen LogP) is 3.72. The summed E-state index contributed by atoms with van der Waals surface area (Å²) in [4.78, 5) is 20.2. The van der Waals surface area contributed by atoms with Gasteiger partial charge in [-0.1, -0.05) is 6.07 Å². The van der Waals surface area contributed by atoms with Crippen molar-refractivity contribution >= 4 is 22.3 Å². The lowest BCUT2D eigenvalue weighted by molar-refractivity contribution is 0.244. The number of nitrogens with zero attached hydrogens (tertiary/aromatic N) is 5. The average molecular weight is 352 g/mol. The Bertz CT molecular complexity index is 821. The van der Waals surface area contributed by atoms with Crippen LogP contribution in [0.2, 0.25) is 0 Å². The minimum Gasteiger partial charge on any atom is -0.316 e. The van der Waals surface area contributed by atoms with Gasteiger partial charge in [0.2, 0.25) is 0 Å². The van der Waals surface area contributed by atoms with E-state index in [1.165, 1.54) is 12.0 Å². The summed E-state index contributed by atoms with van der Waals surface area (Å²) in [6.45, 7) is 3.92. The van der Waals surface area contributed by atoms with Gasteiger partial charge in [-0.05, 0) is 37.9 Å². The monoisotopic (exact) mass is 352 g/mol. The number of thiazole rings is 1. The molecule has 128 valence electrons. The summed E-state index contributed by atoms with van der Waals surface area (Å²) in [7, 11) is 0. The number of aromatic nitrogens is 4. The van der Waals surface area contributed by atoms with Crippen LogP contribution in [0.3, 0.4) is 0 Å². The molecular weight excluding hydrogens is 332 g/mol. The Morgan fingerprint density at radius 2 is 2.28 bits per heavy atom. The first kappa shape index (κ1) is 16.1. The molecule has 6 nitrogen and oxygen atoms in total. The van der Waals surface area contributed by atoms with Crippen LogP contribution < -0.4 is 5.32 Å². The SMILES string of the molecule is Cc1nc(Nc2nccs2)cc([C@@H]2CCCN2Cc2cccnc2)n1. The van der Waals surface area contributed by atoms with Gasteiger partial charge < -0.3 is 5.32 Å². The van der Waals surface area contributed by atoms with Gasteiger partial charge in [-0.2, -0.15) is 0 Å². The van der Waals surface area contributed by atoms with Gasteiger partial charge in [0.25, 0.3) is 0 Å². The van der Waals surface area contributed by atoms with Crippen molar-refractivity contribution in [2.45, 2.75) is 32.4 Å². The maximum absolute atomic E-state index is 4.71. The summed E-state index contributed by atoms with van der Waals surface area (Å²) >= 11 is 1.56. The summed E-state index contributed by atoms with van der Waals surface area (Å²) in [6, 6.07) is 6.49. The fourth-order valence-corrected chi connectivity index (χ4v) is 3.83. The second-order valence-electron chi connectivity index (χ2n) is 6.18. The largest absolute Gasteiger partial charge is 0.316 e. The lowest BCUT2D eigenvalue weighted by Gasteiger charge is -2.24. The highest BCUT2D eigenvalue weighted by atomic mass is 32.1. The third-order valence-electron chi connectivity index (χ3n) is 4.34. The Labute approximate surface area is 151 Å². The normalized spacial score (nSPS) is 17.7. The quantitative estimate of drug-likeness (QED) is 0.755. The minimum absolute atomic E-state index is 0.318. The van der Waals surface area contributed by atoms with E-state index >= 15 is 0 Å². The zero-order valence-electron chi connectivity index (χ0n) is 14.1. The summed E-state index contributed by atoms with van der Waals surface area (Å²) in [5.41, 5.74) is 2.31. The van der Waals surface area contributed by atoms with Gasteiger partial charge in [0.1, 0.15) is 11.6 Å². The fourth-order valence-electron chi connectivity index (χ4n) is 3.30. The maximum Gasteiger partial charge on any atom is 0.188 e. The van der Waals surface area contributed by atoms with Crippen LogP contribution in [-0.2, 0) is 6.54 Å². The van der Waals surface area contributed by atoms with E-state index in [1.807, 2.05) is 30.8 Å². The molecule has 0 spiro atoms. The van der Waals surface area contributed by atoms with E-state index in [4.69, 9.17) is 4.98 Å². The Balaban J connectivity index is 1.56. The molecule has 1 aliphatic rings. The molecule has 1 atom stereocenters. The number of hydrogen-bond acceptors (Lipinski definition) is 7. The van der Waals surface area contributed by atoms with Crippen LogP contribution >= 0.6 is 11.3 Å². The smallest absolute Gasteiger partial charge is 0.188 e. The second kappa shape index (κ2) is 7.25. The molecule has 4 heterocycles. The molecular formula is C18H20N6S. The van der Waals surface area contributed by atoms with Crippen LogP contribution in [0, 0.1) is 6.92 Å². The number of rotatable bonds is 5. The number of nitrogens with one attached hydrogen (secondary N) is 1. The van der Waals surface area contributed by atoms with Crippen molar-refractivity contribution in [1.29, 1.82) is 0 Å². The molecule has 0 aliphatic carbocycles. The molecule has 25 heavy (non-hydrogen) atoms. The topological polar surface area (TPSA) is 66.8 Å². The zero-order valence-corrected chi connectivity index (χ0v) is 14.9. The van der Waals surface area contributed by atoms with E-state index < -0.39 is 0 Å². The van der Waals surface area contributed by atoms with Gasteiger partial charge in [-0.15, -0.1) is 11.3 Å². The van der Waals surface area contributed by atoms with Crippen molar-refractivity contribution in [1.82, 2.24) is 24.8 Å². The van der Waals surface area contributed by atoms with E-state index in [1.54, 1.807) is 17.5 Å². The summed E-state index contributed by atoms with van der Waals surface area (Å²) in [5, 5.41) is 6.08. The van der Waals surface area contributed by atoms with E-state index in [2.05, 4.69) is 37.3 Å². The lowest BCUT2D eigenvalue weighted by Crippen LogP contribution is -2.24. The molecule has 0 aromatic carbocycles.